The van der Waals surface area contributed by atoms with Crippen LogP contribution in [0.4, 0.5) is 0 Å². The Bertz CT molecular complexity index is 561. The fraction of sp³-hybridized carbons (Fsp3) is 0.312. The third-order valence-corrected chi connectivity index (χ3v) is 3.14. The van der Waals surface area contributed by atoms with Crippen LogP contribution in [0, 0.1) is 6.92 Å². The second-order valence-corrected chi connectivity index (χ2v) is 4.72. The van der Waals surface area contributed by atoms with Gasteiger partial charge in [0, 0.05) is 12.7 Å². The van der Waals surface area contributed by atoms with E-state index in [1.54, 1.807) is 6.20 Å². The molecular weight excluding hydrogens is 250 g/mol. The lowest BCUT2D eigenvalue weighted by molar-refractivity contribution is 0.0948. The molecule has 4 nitrogen and oxygen atoms in total. The number of aromatic nitrogens is 2. The van der Waals surface area contributed by atoms with Crippen LogP contribution >= 0.6 is 0 Å². The Morgan fingerprint density at radius 2 is 1.80 bits per heavy atom. The zero-order valence-corrected chi connectivity index (χ0v) is 11.9. The highest BCUT2D eigenvalue weighted by Crippen LogP contribution is 2.05. The van der Waals surface area contributed by atoms with Crippen molar-refractivity contribution in [2.24, 2.45) is 0 Å². The largest absolute Gasteiger partial charge is 0.350 e. The van der Waals surface area contributed by atoms with E-state index in [0.29, 0.717) is 12.2 Å². The van der Waals surface area contributed by atoms with Crippen LogP contribution in [0.2, 0.25) is 0 Å². The summed E-state index contributed by atoms with van der Waals surface area (Å²) in [5.41, 5.74) is 3.71. The van der Waals surface area contributed by atoms with Crippen molar-refractivity contribution in [2.75, 3.05) is 6.54 Å². The third kappa shape index (κ3) is 3.88. The van der Waals surface area contributed by atoms with Crippen LogP contribution in [0.15, 0.2) is 36.7 Å². The van der Waals surface area contributed by atoms with Crippen molar-refractivity contribution in [3.05, 3.63) is 59.2 Å². The monoisotopic (exact) mass is 269 g/mol. The fourth-order valence-electron chi connectivity index (χ4n) is 1.86. The molecule has 104 valence electrons. The fourth-order valence-corrected chi connectivity index (χ4v) is 1.86. The van der Waals surface area contributed by atoms with E-state index in [4.69, 9.17) is 0 Å². The molecule has 1 heterocycles. The average molecular weight is 269 g/mol. The Hall–Kier alpha value is -2.23. The maximum absolute atomic E-state index is 11.8. The second-order valence-electron chi connectivity index (χ2n) is 4.72. The summed E-state index contributed by atoms with van der Waals surface area (Å²) in [6.07, 6.45) is 4.96. The number of amides is 1. The molecule has 2 aromatic rings. The van der Waals surface area contributed by atoms with Gasteiger partial charge in [0.15, 0.2) is 0 Å². The van der Waals surface area contributed by atoms with Crippen molar-refractivity contribution in [3.63, 3.8) is 0 Å². The first kappa shape index (κ1) is 14.2. The van der Waals surface area contributed by atoms with E-state index < -0.39 is 0 Å². The summed E-state index contributed by atoms with van der Waals surface area (Å²) < 4.78 is 0. The molecule has 0 radical (unpaired) electrons. The minimum Gasteiger partial charge on any atom is -0.350 e. The lowest BCUT2D eigenvalue weighted by Gasteiger charge is -2.05. The number of hydrogen-bond donors (Lipinski definition) is 1. The Labute approximate surface area is 119 Å². The molecule has 1 aromatic heterocycles. The molecule has 0 bridgehead atoms. The second kappa shape index (κ2) is 6.80. The van der Waals surface area contributed by atoms with Crippen LogP contribution in [-0.4, -0.2) is 22.4 Å². The maximum Gasteiger partial charge on any atom is 0.271 e. The van der Waals surface area contributed by atoms with E-state index in [2.05, 4.69) is 46.5 Å². The first-order valence-corrected chi connectivity index (χ1v) is 6.83. The zero-order valence-electron chi connectivity index (χ0n) is 11.9. The smallest absolute Gasteiger partial charge is 0.271 e. The zero-order chi connectivity index (χ0) is 14.4. The molecule has 0 atom stereocenters. The van der Waals surface area contributed by atoms with Gasteiger partial charge in [0.25, 0.3) is 5.91 Å². The average Bonchev–Trinajstić information content (AvgIpc) is 2.48. The number of carbonyl (C=O) groups excluding carboxylic acids is 1. The van der Waals surface area contributed by atoms with E-state index in [1.807, 2.05) is 6.92 Å². The van der Waals surface area contributed by atoms with Gasteiger partial charge in [0.1, 0.15) is 5.69 Å². The number of nitrogens with one attached hydrogen (secondary N) is 1. The van der Waals surface area contributed by atoms with Crippen LogP contribution in [0.25, 0.3) is 0 Å². The van der Waals surface area contributed by atoms with E-state index in [1.165, 1.54) is 17.3 Å². The molecule has 0 spiro atoms. The van der Waals surface area contributed by atoms with Crippen molar-refractivity contribution in [1.82, 2.24) is 15.3 Å². The molecule has 0 aliphatic carbocycles. The van der Waals surface area contributed by atoms with Crippen LogP contribution in [-0.2, 0) is 12.8 Å². The quantitative estimate of drug-likeness (QED) is 0.906. The highest BCUT2D eigenvalue weighted by Gasteiger charge is 2.06. The first-order valence-electron chi connectivity index (χ1n) is 6.83. The standard InChI is InChI=1S/C16H19N3O/c1-3-13-4-6-14(7-5-13)8-9-17-16(20)15-11-18-12(2)10-19-15/h4-7,10-11H,3,8-9H2,1-2H3,(H,17,20). The molecule has 0 saturated heterocycles. The number of nitrogens with zero attached hydrogens (tertiary/aromatic N) is 2. The van der Waals surface area contributed by atoms with Crippen LogP contribution in [0.5, 0.6) is 0 Å². The summed E-state index contributed by atoms with van der Waals surface area (Å²) in [4.78, 5) is 19.9. The van der Waals surface area contributed by atoms with Crippen molar-refractivity contribution < 1.29 is 4.79 Å². The molecule has 0 unspecified atom stereocenters. The first-order chi connectivity index (χ1) is 9.69. The van der Waals surface area contributed by atoms with E-state index >= 15 is 0 Å². The highest BCUT2D eigenvalue weighted by atomic mass is 16.1. The molecule has 0 aliphatic rings. The Balaban J connectivity index is 1.82. The Morgan fingerprint density at radius 1 is 1.10 bits per heavy atom. The summed E-state index contributed by atoms with van der Waals surface area (Å²) in [6, 6.07) is 8.47. The van der Waals surface area contributed by atoms with Crippen molar-refractivity contribution in [2.45, 2.75) is 26.7 Å². The minimum atomic E-state index is -0.178. The maximum atomic E-state index is 11.8. The molecule has 1 amide bonds. The van der Waals surface area contributed by atoms with Gasteiger partial charge >= 0.3 is 0 Å². The van der Waals surface area contributed by atoms with E-state index in [0.717, 1.165) is 18.5 Å². The highest BCUT2D eigenvalue weighted by molar-refractivity contribution is 5.91. The van der Waals surface area contributed by atoms with Crippen LogP contribution in [0.3, 0.4) is 0 Å². The SMILES string of the molecule is CCc1ccc(CCNC(=O)c2cnc(C)cn2)cc1. The molecular formula is C16H19N3O. The lowest BCUT2D eigenvalue weighted by atomic mass is 10.1. The molecule has 2 rings (SSSR count). The van der Waals surface area contributed by atoms with Crippen LogP contribution < -0.4 is 5.32 Å². The van der Waals surface area contributed by atoms with Gasteiger partial charge in [-0.25, -0.2) is 4.98 Å². The molecule has 4 heteroatoms. The summed E-state index contributed by atoms with van der Waals surface area (Å²) in [5, 5.41) is 2.85. The Morgan fingerprint density at radius 3 is 2.40 bits per heavy atom. The number of rotatable bonds is 5. The van der Waals surface area contributed by atoms with Gasteiger partial charge in [-0.1, -0.05) is 31.2 Å². The third-order valence-electron chi connectivity index (χ3n) is 3.14. The minimum absolute atomic E-state index is 0.178. The summed E-state index contributed by atoms with van der Waals surface area (Å²) >= 11 is 0. The number of aryl methyl sites for hydroxylation is 2. The summed E-state index contributed by atoms with van der Waals surface area (Å²) in [7, 11) is 0. The van der Waals surface area contributed by atoms with Gasteiger partial charge in [0.2, 0.25) is 0 Å². The van der Waals surface area contributed by atoms with Gasteiger partial charge in [-0.3, -0.25) is 9.78 Å². The molecule has 0 saturated carbocycles. The normalized spacial score (nSPS) is 10.3. The van der Waals surface area contributed by atoms with Gasteiger partial charge in [-0.2, -0.15) is 0 Å². The Kier molecular flexibility index (Phi) is 4.82. The summed E-state index contributed by atoms with van der Waals surface area (Å²) in [5.74, 6) is -0.178. The molecule has 0 fully saturated rings. The van der Waals surface area contributed by atoms with Crippen molar-refractivity contribution in [3.8, 4) is 0 Å². The van der Waals surface area contributed by atoms with Gasteiger partial charge in [0.05, 0.1) is 11.9 Å². The number of carbonyl (C=O) groups is 1. The van der Waals surface area contributed by atoms with E-state index in [-0.39, 0.29) is 5.91 Å². The molecule has 1 N–H and O–H groups in total. The molecule has 0 aliphatic heterocycles. The van der Waals surface area contributed by atoms with Gasteiger partial charge in [-0.15, -0.1) is 0 Å². The van der Waals surface area contributed by atoms with E-state index in [9.17, 15) is 4.79 Å². The summed E-state index contributed by atoms with van der Waals surface area (Å²) in [6.45, 7) is 4.58. The van der Waals surface area contributed by atoms with Crippen molar-refractivity contribution >= 4 is 5.91 Å². The predicted octanol–water partition coefficient (Wildman–Crippen LogP) is 2.32. The molecule has 20 heavy (non-hydrogen) atoms. The number of benzene rings is 1. The number of hydrogen-bond acceptors (Lipinski definition) is 3. The molecule has 1 aromatic carbocycles. The van der Waals surface area contributed by atoms with Gasteiger partial charge in [-0.05, 0) is 30.9 Å². The van der Waals surface area contributed by atoms with Crippen LogP contribution in [0.1, 0.15) is 34.2 Å². The van der Waals surface area contributed by atoms with Gasteiger partial charge < -0.3 is 5.32 Å². The topological polar surface area (TPSA) is 54.9 Å². The van der Waals surface area contributed by atoms with Crippen molar-refractivity contribution in [1.29, 1.82) is 0 Å². The lowest BCUT2D eigenvalue weighted by Crippen LogP contribution is -2.26. The predicted molar refractivity (Wildman–Crippen MR) is 78.6 cm³/mol.